The average molecular weight is 408 g/mol. The molecule has 0 aliphatic heterocycles. The Kier molecular flexibility index (Phi) is 7.35. The van der Waals surface area contributed by atoms with E-state index in [9.17, 15) is 13.6 Å². The van der Waals surface area contributed by atoms with Crippen LogP contribution in [-0.2, 0) is 0 Å². The van der Waals surface area contributed by atoms with Gasteiger partial charge < -0.3 is 18.9 Å². The van der Waals surface area contributed by atoms with E-state index < -0.39 is 12.5 Å². The molecule has 2 aromatic carbocycles. The molecule has 1 N–H and O–H groups in total. The highest BCUT2D eigenvalue weighted by molar-refractivity contribution is 6.03. The number of amides is 1. The summed E-state index contributed by atoms with van der Waals surface area (Å²) < 4.78 is 45.5. The van der Waals surface area contributed by atoms with Crippen molar-refractivity contribution in [2.45, 2.75) is 20.5 Å². The van der Waals surface area contributed by atoms with Crippen LogP contribution in [0, 0.1) is 6.92 Å². The van der Waals surface area contributed by atoms with Gasteiger partial charge in [0.15, 0.2) is 11.5 Å². The van der Waals surface area contributed by atoms with E-state index in [0.717, 1.165) is 5.56 Å². The Balaban J connectivity index is 2.30. The van der Waals surface area contributed by atoms with Gasteiger partial charge in [-0.25, -0.2) is 5.43 Å². The number of nitrogens with one attached hydrogen (secondary N) is 1. The molecule has 0 aliphatic rings. The lowest BCUT2D eigenvalue weighted by Crippen LogP contribution is -2.20. The van der Waals surface area contributed by atoms with E-state index >= 15 is 0 Å². The smallest absolute Gasteiger partial charge is 0.387 e. The van der Waals surface area contributed by atoms with Gasteiger partial charge in [0.25, 0.3) is 5.91 Å². The minimum atomic E-state index is -2.97. The van der Waals surface area contributed by atoms with Gasteiger partial charge in [-0.15, -0.1) is 0 Å². The third kappa shape index (κ3) is 5.34. The second-order valence-electron chi connectivity index (χ2n) is 5.93. The minimum absolute atomic E-state index is 0.0334. The summed E-state index contributed by atoms with van der Waals surface area (Å²) in [5.74, 6) is 0.384. The lowest BCUT2D eigenvalue weighted by atomic mass is 10.1. The van der Waals surface area contributed by atoms with Gasteiger partial charge >= 0.3 is 6.61 Å². The summed E-state index contributed by atoms with van der Waals surface area (Å²) in [6, 6.07) is 7.65. The van der Waals surface area contributed by atoms with Crippen LogP contribution in [0.25, 0.3) is 0 Å². The van der Waals surface area contributed by atoms with Crippen LogP contribution in [0.4, 0.5) is 8.78 Å². The summed E-state index contributed by atoms with van der Waals surface area (Å²) in [5.41, 5.74) is 4.07. The molecule has 2 rings (SSSR count). The van der Waals surface area contributed by atoms with Gasteiger partial charge in [0.05, 0.1) is 27.0 Å². The molecular weight excluding hydrogens is 386 g/mol. The number of aryl methyl sites for hydroxylation is 1. The van der Waals surface area contributed by atoms with Gasteiger partial charge in [-0.2, -0.15) is 13.9 Å². The SMILES string of the molecule is COc1cc(C(=O)N/N=C(\C)c2cc(C)ccc2OC(F)F)cc(OC)c1OC. The van der Waals surface area contributed by atoms with Crippen LogP contribution in [0.1, 0.15) is 28.4 Å². The van der Waals surface area contributed by atoms with Gasteiger partial charge in [0.1, 0.15) is 5.75 Å². The number of methoxy groups -OCH3 is 3. The quantitative estimate of drug-likeness (QED) is 0.531. The Bertz CT molecular complexity index is 891. The zero-order valence-electron chi connectivity index (χ0n) is 16.7. The topological polar surface area (TPSA) is 78.4 Å². The van der Waals surface area contributed by atoms with Crippen LogP contribution in [-0.4, -0.2) is 39.6 Å². The predicted molar refractivity (Wildman–Crippen MR) is 104 cm³/mol. The molecule has 0 saturated carbocycles. The molecule has 0 aliphatic carbocycles. The molecular formula is C20H22F2N2O5. The molecule has 0 aromatic heterocycles. The summed E-state index contributed by atoms with van der Waals surface area (Å²) in [5, 5.41) is 4.01. The van der Waals surface area contributed by atoms with E-state index in [1.54, 1.807) is 26.0 Å². The molecule has 0 spiro atoms. The average Bonchev–Trinajstić information content (AvgIpc) is 2.71. The first-order valence-corrected chi connectivity index (χ1v) is 8.51. The number of halogens is 2. The van der Waals surface area contributed by atoms with Crippen LogP contribution in [0.15, 0.2) is 35.4 Å². The lowest BCUT2D eigenvalue weighted by Gasteiger charge is -2.14. The van der Waals surface area contributed by atoms with Crippen molar-refractivity contribution in [3.8, 4) is 23.0 Å². The Hall–Kier alpha value is -3.36. The number of hydrogen-bond acceptors (Lipinski definition) is 6. The lowest BCUT2D eigenvalue weighted by molar-refractivity contribution is -0.0499. The van der Waals surface area contributed by atoms with E-state index in [1.807, 2.05) is 0 Å². The maximum absolute atomic E-state index is 12.6. The number of rotatable bonds is 8. The molecule has 0 unspecified atom stereocenters. The Labute approximate surface area is 167 Å². The summed E-state index contributed by atoms with van der Waals surface area (Å²) in [7, 11) is 4.32. The van der Waals surface area contributed by atoms with E-state index in [1.165, 1.54) is 39.5 Å². The number of nitrogens with zero attached hydrogens (tertiary/aromatic N) is 1. The number of ether oxygens (including phenoxy) is 4. The molecule has 2 aromatic rings. The predicted octanol–water partition coefficient (Wildman–Crippen LogP) is 3.78. The molecule has 1 amide bonds. The number of carbonyl (C=O) groups excluding carboxylic acids is 1. The van der Waals surface area contributed by atoms with E-state index in [2.05, 4.69) is 15.3 Å². The highest BCUT2D eigenvalue weighted by Crippen LogP contribution is 2.38. The number of hydrazone groups is 1. The summed E-state index contributed by atoms with van der Waals surface area (Å²) in [6.45, 7) is 0.401. The molecule has 0 radical (unpaired) electrons. The van der Waals surface area contributed by atoms with Crippen molar-refractivity contribution < 1.29 is 32.5 Å². The van der Waals surface area contributed by atoms with Crippen molar-refractivity contribution in [3.63, 3.8) is 0 Å². The van der Waals surface area contributed by atoms with Crippen LogP contribution < -0.4 is 24.4 Å². The summed E-state index contributed by atoms with van der Waals surface area (Å²) in [6.07, 6.45) is 0. The van der Waals surface area contributed by atoms with E-state index in [4.69, 9.17) is 14.2 Å². The van der Waals surface area contributed by atoms with Gasteiger partial charge in [-0.3, -0.25) is 4.79 Å². The van der Waals surface area contributed by atoms with Crippen LogP contribution in [0.2, 0.25) is 0 Å². The largest absolute Gasteiger partial charge is 0.493 e. The third-order valence-electron chi connectivity index (χ3n) is 3.99. The molecule has 0 atom stereocenters. The Morgan fingerprint density at radius 2 is 1.62 bits per heavy atom. The molecule has 0 bridgehead atoms. The fraction of sp³-hybridized carbons (Fsp3) is 0.300. The van der Waals surface area contributed by atoms with E-state index in [-0.39, 0.29) is 11.3 Å². The van der Waals surface area contributed by atoms with Crippen LogP contribution >= 0.6 is 0 Å². The molecule has 29 heavy (non-hydrogen) atoms. The monoisotopic (exact) mass is 408 g/mol. The Morgan fingerprint density at radius 3 is 2.14 bits per heavy atom. The standard InChI is InChI=1S/C20H22F2N2O5/c1-11-6-7-15(29-20(21)22)14(8-11)12(2)23-24-19(25)13-9-16(26-3)18(28-5)17(10-13)27-4/h6-10,20H,1-5H3,(H,24,25)/b23-12+. The number of alkyl halides is 2. The highest BCUT2D eigenvalue weighted by Gasteiger charge is 2.17. The first-order valence-electron chi connectivity index (χ1n) is 8.51. The highest BCUT2D eigenvalue weighted by atomic mass is 19.3. The zero-order chi connectivity index (χ0) is 21.6. The van der Waals surface area contributed by atoms with E-state index in [0.29, 0.717) is 28.5 Å². The minimum Gasteiger partial charge on any atom is -0.493 e. The second kappa shape index (κ2) is 9.72. The van der Waals surface area contributed by atoms with Gasteiger partial charge in [0, 0.05) is 11.1 Å². The number of carbonyl (C=O) groups is 1. The number of benzene rings is 2. The van der Waals surface area contributed by atoms with Gasteiger partial charge in [-0.1, -0.05) is 11.6 Å². The van der Waals surface area contributed by atoms with Crippen molar-refractivity contribution in [2.75, 3.05) is 21.3 Å². The fourth-order valence-electron chi connectivity index (χ4n) is 2.60. The second-order valence-corrected chi connectivity index (χ2v) is 5.93. The van der Waals surface area contributed by atoms with Gasteiger partial charge in [-0.05, 0) is 38.1 Å². The van der Waals surface area contributed by atoms with Crippen molar-refractivity contribution in [1.82, 2.24) is 5.43 Å². The third-order valence-corrected chi connectivity index (χ3v) is 3.99. The molecule has 0 heterocycles. The molecule has 0 saturated heterocycles. The maximum Gasteiger partial charge on any atom is 0.387 e. The maximum atomic E-state index is 12.6. The molecule has 9 heteroatoms. The summed E-state index contributed by atoms with van der Waals surface area (Å²) >= 11 is 0. The molecule has 7 nitrogen and oxygen atoms in total. The zero-order valence-corrected chi connectivity index (χ0v) is 16.7. The first kappa shape index (κ1) is 21.9. The van der Waals surface area contributed by atoms with Crippen molar-refractivity contribution in [1.29, 1.82) is 0 Å². The van der Waals surface area contributed by atoms with Gasteiger partial charge in [0.2, 0.25) is 5.75 Å². The normalized spacial score (nSPS) is 11.2. The Morgan fingerprint density at radius 1 is 1.00 bits per heavy atom. The van der Waals surface area contributed by atoms with Crippen LogP contribution in [0.5, 0.6) is 23.0 Å². The molecule has 156 valence electrons. The summed E-state index contributed by atoms with van der Waals surface area (Å²) in [4.78, 5) is 12.5. The fourth-order valence-corrected chi connectivity index (χ4v) is 2.60. The first-order chi connectivity index (χ1) is 13.8. The van der Waals surface area contributed by atoms with Crippen molar-refractivity contribution >= 4 is 11.6 Å². The molecule has 0 fully saturated rings. The number of hydrogen-bond donors (Lipinski definition) is 1. The van der Waals surface area contributed by atoms with Crippen molar-refractivity contribution in [3.05, 3.63) is 47.0 Å². The van der Waals surface area contributed by atoms with Crippen LogP contribution in [0.3, 0.4) is 0 Å². The van der Waals surface area contributed by atoms with Crippen molar-refractivity contribution in [2.24, 2.45) is 5.10 Å².